The van der Waals surface area contributed by atoms with Crippen LogP contribution in [0.15, 0.2) is 182 Å². The van der Waals surface area contributed by atoms with Gasteiger partial charge in [0.2, 0.25) is 0 Å². The van der Waals surface area contributed by atoms with Gasteiger partial charge in [0.25, 0.3) is 0 Å². The molecule has 0 saturated carbocycles. The van der Waals surface area contributed by atoms with Crippen LogP contribution in [0.4, 0.5) is 0 Å². The molecule has 0 N–H and O–H groups in total. The molecule has 2 heterocycles. The van der Waals surface area contributed by atoms with E-state index in [0.29, 0.717) is 17.5 Å². The Bertz CT molecular complexity index is 3610. The molecule has 4 heteroatoms. The molecule has 0 spiro atoms. The maximum Gasteiger partial charge on any atom is 0.164 e. The van der Waals surface area contributed by atoms with E-state index in [1.807, 2.05) is 18.2 Å². The van der Waals surface area contributed by atoms with E-state index < -0.39 is 0 Å². The zero-order valence-corrected chi connectivity index (χ0v) is 36.0. The average molecular weight is 811 g/mol. The van der Waals surface area contributed by atoms with Crippen LogP contribution in [0.5, 0.6) is 0 Å². The van der Waals surface area contributed by atoms with Crippen LogP contribution in [0.3, 0.4) is 0 Å². The van der Waals surface area contributed by atoms with E-state index in [9.17, 15) is 0 Å². The minimum atomic E-state index is 0.0507. The molecule has 0 amide bonds. The van der Waals surface area contributed by atoms with E-state index in [1.54, 1.807) is 0 Å². The van der Waals surface area contributed by atoms with Crippen molar-refractivity contribution < 1.29 is 0 Å². The van der Waals surface area contributed by atoms with Crippen molar-refractivity contribution in [1.29, 1.82) is 0 Å². The van der Waals surface area contributed by atoms with Gasteiger partial charge in [-0.1, -0.05) is 179 Å². The van der Waals surface area contributed by atoms with Gasteiger partial charge in [0.1, 0.15) is 0 Å². The van der Waals surface area contributed by atoms with E-state index >= 15 is 0 Å². The quantitative estimate of drug-likeness (QED) is 0.163. The topological polar surface area (TPSA) is 43.6 Å². The first-order valence-corrected chi connectivity index (χ1v) is 22.1. The van der Waals surface area contributed by atoms with Crippen molar-refractivity contribution in [3.05, 3.63) is 193 Å². The summed E-state index contributed by atoms with van der Waals surface area (Å²) in [5, 5.41) is 10.1. The maximum atomic E-state index is 5.24. The van der Waals surface area contributed by atoms with Crippen molar-refractivity contribution >= 4 is 54.1 Å². The molecule has 1 aliphatic rings. The normalized spacial score (nSPS) is 14.5. The van der Waals surface area contributed by atoms with E-state index in [0.717, 1.165) is 40.8 Å². The largest absolute Gasteiger partial charge is 0.309 e. The third-order valence-electron chi connectivity index (χ3n) is 13.9. The molecule has 9 aromatic carbocycles. The number of aromatic nitrogens is 4. The average Bonchev–Trinajstić information content (AvgIpc) is 3.68. The van der Waals surface area contributed by atoms with E-state index in [-0.39, 0.29) is 10.8 Å². The molecule has 0 atom stereocenters. The molecule has 0 radical (unpaired) electrons. The van der Waals surface area contributed by atoms with Crippen LogP contribution in [0, 0.1) is 0 Å². The summed E-state index contributed by atoms with van der Waals surface area (Å²) in [4.78, 5) is 15.5. The lowest BCUT2D eigenvalue weighted by atomic mass is 9.63. The highest BCUT2D eigenvalue weighted by molar-refractivity contribution is 6.32. The Morgan fingerprint density at radius 1 is 0.381 bits per heavy atom. The highest BCUT2D eigenvalue weighted by atomic mass is 15.0. The standard InChI is InChI=1S/C59H46N4/c1-58(2)31-32-59(3,4)51-36-52-49(35-50(51)58)53-47-23-12-10-21-45(47)46-22-11-13-24-48(46)54(53)63(52)44-20-14-19-43(34-44)57-61-55(39-16-6-5-7-17-39)60-56(62-57)40-28-25-38(26-29-40)42-30-27-37-15-8-9-18-41(37)33-42/h5-30,33-36H,31-32H2,1-4H3. The van der Waals surface area contributed by atoms with E-state index in [2.05, 4.69) is 196 Å². The maximum absolute atomic E-state index is 5.24. The van der Waals surface area contributed by atoms with Crippen molar-refractivity contribution in [2.45, 2.75) is 51.4 Å². The van der Waals surface area contributed by atoms with Gasteiger partial charge in [-0.2, -0.15) is 0 Å². The molecular weight excluding hydrogens is 765 g/mol. The van der Waals surface area contributed by atoms with Gasteiger partial charge in [0.05, 0.1) is 11.0 Å². The van der Waals surface area contributed by atoms with Gasteiger partial charge in [-0.15, -0.1) is 0 Å². The molecule has 63 heavy (non-hydrogen) atoms. The highest BCUT2D eigenvalue weighted by Gasteiger charge is 2.38. The molecule has 0 bridgehead atoms. The summed E-state index contributed by atoms with van der Waals surface area (Å²) < 4.78 is 2.52. The summed E-state index contributed by atoms with van der Waals surface area (Å²) in [5.41, 5.74) is 11.7. The molecule has 2 aromatic heterocycles. The number of fused-ring (bicyclic) bond motifs is 10. The molecule has 1 aliphatic carbocycles. The molecule has 4 nitrogen and oxygen atoms in total. The van der Waals surface area contributed by atoms with Crippen molar-refractivity contribution in [2.24, 2.45) is 0 Å². The first-order chi connectivity index (χ1) is 30.7. The molecule has 0 saturated heterocycles. The van der Waals surface area contributed by atoms with Gasteiger partial charge in [-0.25, -0.2) is 15.0 Å². The molecule has 12 rings (SSSR count). The van der Waals surface area contributed by atoms with Gasteiger partial charge >= 0.3 is 0 Å². The second-order valence-corrected chi connectivity index (χ2v) is 18.7. The minimum absolute atomic E-state index is 0.0507. The second-order valence-electron chi connectivity index (χ2n) is 18.7. The molecule has 302 valence electrons. The van der Waals surface area contributed by atoms with Gasteiger partial charge in [-0.3, -0.25) is 0 Å². The molecule has 0 fully saturated rings. The predicted molar refractivity (Wildman–Crippen MR) is 264 cm³/mol. The summed E-state index contributed by atoms with van der Waals surface area (Å²) in [6.45, 7) is 9.69. The van der Waals surface area contributed by atoms with Crippen LogP contribution >= 0.6 is 0 Å². The van der Waals surface area contributed by atoms with Crippen LogP contribution < -0.4 is 0 Å². The minimum Gasteiger partial charge on any atom is -0.309 e. The first kappa shape index (κ1) is 37.3. The Morgan fingerprint density at radius 2 is 0.905 bits per heavy atom. The zero-order chi connectivity index (χ0) is 42.5. The van der Waals surface area contributed by atoms with Gasteiger partial charge in [0, 0.05) is 38.5 Å². The Labute approximate surface area is 367 Å². The predicted octanol–water partition coefficient (Wildman–Crippen LogP) is 15.4. The van der Waals surface area contributed by atoms with Crippen molar-refractivity contribution in [1.82, 2.24) is 19.5 Å². The Hall–Kier alpha value is -7.43. The summed E-state index contributed by atoms with van der Waals surface area (Å²) in [6.07, 6.45) is 2.31. The van der Waals surface area contributed by atoms with Crippen LogP contribution in [0.25, 0.3) is 105 Å². The molecule has 0 unspecified atom stereocenters. The number of hydrogen-bond acceptors (Lipinski definition) is 3. The lowest BCUT2D eigenvalue weighted by Crippen LogP contribution is -2.33. The fraction of sp³-hybridized carbons (Fsp3) is 0.136. The molecule has 0 aliphatic heterocycles. The lowest BCUT2D eigenvalue weighted by Gasteiger charge is -2.42. The number of rotatable bonds is 5. The van der Waals surface area contributed by atoms with Crippen LogP contribution in [0.1, 0.15) is 51.7 Å². The smallest absolute Gasteiger partial charge is 0.164 e. The number of nitrogens with zero attached hydrogens (tertiary/aromatic N) is 4. The molecular formula is C59H46N4. The van der Waals surface area contributed by atoms with Gasteiger partial charge < -0.3 is 4.57 Å². The van der Waals surface area contributed by atoms with Crippen LogP contribution in [-0.2, 0) is 10.8 Å². The van der Waals surface area contributed by atoms with Crippen LogP contribution in [-0.4, -0.2) is 19.5 Å². The highest BCUT2D eigenvalue weighted by Crippen LogP contribution is 2.50. The number of hydrogen-bond donors (Lipinski definition) is 0. The SMILES string of the molecule is CC1(C)CCC(C)(C)c2cc3c(cc21)c1c2ccccc2c2ccccc2c1n3-c1cccc(-c2nc(-c3ccccc3)nc(-c3ccc(-c4ccc5ccccc5c4)cc3)n2)c1. The van der Waals surface area contributed by atoms with Crippen molar-refractivity contribution in [3.63, 3.8) is 0 Å². The zero-order valence-electron chi connectivity index (χ0n) is 36.0. The third kappa shape index (κ3) is 6.07. The Balaban J connectivity index is 1.07. The summed E-state index contributed by atoms with van der Waals surface area (Å²) in [6, 6.07) is 65.7. The van der Waals surface area contributed by atoms with E-state index in [1.165, 1.54) is 70.8 Å². The first-order valence-electron chi connectivity index (χ1n) is 22.1. The van der Waals surface area contributed by atoms with Crippen molar-refractivity contribution in [2.75, 3.05) is 0 Å². The summed E-state index contributed by atoms with van der Waals surface area (Å²) >= 11 is 0. The third-order valence-corrected chi connectivity index (χ3v) is 13.9. The number of benzene rings is 9. The second kappa shape index (κ2) is 14.1. The van der Waals surface area contributed by atoms with Gasteiger partial charge in [0.15, 0.2) is 17.5 Å². The van der Waals surface area contributed by atoms with E-state index in [4.69, 9.17) is 15.0 Å². The monoisotopic (exact) mass is 810 g/mol. The van der Waals surface area contributed by atoms with Gasteiger partial charge in [-0.05, 0) is 103 Å². The fourth-order valence-electron chi connectivity index (χ4n) is 10.3. The lowest BCUT2D eigenvalue weighted by molar-refractivity contribution is 0.332. The van der Waals surface area contributed by atoms with Crippen LogP contribution in [0.2, 0.25) is 0 Å². The fourth-order valence-corrected chi connectivity index (χ4v) is 10.3. The van der Waals surface area contributed by atoms with Crippen molar-refractivity contribution in [3.8, 4) is 51.0 Å². The molecule has 11 aromatic rings. The summed E-state index contributed by atoms with van der Waals surface area (Å²) in [7, 11) is 0. The Kier molecular flexibility index (Phi) is 8.33. The Morgan fingerprint density at radius 3 is 1.62 bits per heavy atom. The summed E-state index contributed by atoms with van der Waals surface area (Å²) in [5.74, 6) is 1.92.